The molecule has 1 atom stereocenters. The fraction of sp³-hybridized carbons (Fsp3) is 0.368. The number of rotatable bonds is 6. The van der Waals surface area contributed by atoms with Gasteiger partial charge in [-0.05, 0) is 49.9 Å². The van der Waals surface area contributed by atoms with E-state index in [1.807, 2.05) is 32.0 Å². The average Bonchev–Trinajstić information content (AvgIpc) is 2.48. The van der Waals surface area contributed by atoms with Gasteiger partial charge in [0.15, 0.2) is 0 Å². The van der Waals surface area contributed by atoms with Gasteiger partial charge in [-0.2, -0.15) is 0 Å². The standard InChI is InChI=1S/C19H25NO/c1-4-19(20,14-16-8-6-5-7-9-16)17-10-12-18(13-11-17)21-15(2)3/h5-13,15H,4,14,20H2,1-3H3. The molecule has 2 heteroatoms. The van der Waals surface area contributed by atoms with Crippen molar-refractivity contribution < 1.29 is 4.74 Å². The zero-order chi connectivity index (χ0) is 15.3. The number of ether oxygens (including phenoxy) is 1. The SMILES string of the molecule is CCC(N)(Cc1ccccc1)c1ccc(OC(C)C)cc1. The third-order valence-electron chi connectivity index (χ3n) is 3.79. The van der Waals surface area contributed by atoms with E-state index < -0.39 is 0 Å². The molecule has 0 heterocycles. The molecule has 2 aromatic rings. The van der Waals surface area contributed by atoms with Crippen LogP contribution in [0.3, 0.4) is 0 Å². The van der Waals surface area contributed by atoms with Crippen molar-refractivity contribution in [2.24, 2.45) is 5.73 Å². The summed E-state index contributed by atoms with van der Waals surface area (Å²) >= 11 is 0. The summed E-state index contributed by atoms with van der Waals surface area (Å²) in [6.07, 6.45) is 1.93. The molecule has 2 aromatic carbocycles. The lowest BCUT2D eigenvalue weighted by Gasteiger charge is -2.29. The molecular formula is C19H25NO. The Bertz CT molecular complexity index is 548. The topological polar surface area (TPSA) is 35.2 Å². The first-order valence-electron chi connectivity index (χ1n) is 7.63. The Hall–Kier alpha value is -1.80. The third kappa shape index (κ3) is 4.08. The van der Waals surface area contributed by atoms with Crippen LogP contribution < -0.4 is 10.5 Å². The maximum absolute atomic E-state index is 6.66. The molecule has 0 radical (unpaired) electrons. The van der Waals surface area contributed by atoms with Crippen LogP contribution in [0, 0.1) is 0 Å². The summed E-state index contributed by atoms with van der Waals surface area (Å²) in [4.78, 5) is 0. The molecule has 0 saturated carbocycles. The molecule has 21 heavy (non-hydrogen) atoms. The third-order valence-corrected chi connectivity index (χ3v) is 3.79. The van der Waals surface area contributed by atoms with E-state index in [0.29, 0.717) is 0 Å². The fourth-order valence-electron chi connectivity index (χ4n) is 2.53. The normalized spacial score (nSPS) is 14.0. The van der Waals surface area contributed by atoms with Crippen LogP contribution in [0.15, 0.2) is 54.6 Å². The highest BCUT2D eigenvalue weighted by Gasteiger charge is 2.25. The van der Waals surface area contributed by atoms with Crippen LogP contribution in [0.5, 0.6) is 5.75 Å². The van der Waals surface area contributed by atoms with E-state index in [0.717, 1.165) is 24.2 Å². The van der Waals surface area contributed by atoms with Crippen molar-refractivity contribution in [3.05, 3.63) is 65.7 Å². The zero-order valence-corrected chi connectivity index (χ0v) is 13.2. The molecule has 112 valence electrons. The van der Waals surface area contributed by atoms with Gasteiger partial charge >= 0.3 is 0 Å². The Morgan fingerprint density at radius 1 is 1.00 bits per heavy atom. The van der Waals surface area contributed by atoms with Crippen LogP contribution in [0.4, 0.5) is 0 Å². The Morgan fingerprint density at radius 2 is 1.62 bits per heavy atom. The second-order valence-electron chi connectivity index (χ2n) is 5.86. The first-order chi connectivity index (χ1) is 10.0. The molecule has 2 rings (SSSR count). The minimum Gasteiger partial charge on any atom is -0.491 e. The van der Waals surface area contributed by atoms with Gasteiger partial charge < -0.3 is 10.5 Å². The Morgan fingerprint density at radius 3 is 2.14 bits per heavy atom. The number of hydrogen-bond acceptors (Lipinski definition) is 2. The van der Waals surface area contributed by atoms with Gasteiger partial charge in [0.25, 0.3) is 0 Å². The van der Waals surface area contributed by atoms with E-state index in [9.17, 15) is 0 Å². The fourth-order valence-corrected chi connectivity index (χ4v) is 2.53. The van der Waals surface area contributed by atoms with E-state index in [1.54, 1.807) is 0 Å². The molecule has 0 spiro atoms. The Kier molecular flexibility index (Phi) is 5.03. The van der Waals surface area contributed by atoms with Crippen LogP contribution in [-0.4, -0.2) is 6.10 Å². The predicted octanol–water partition coefficient (Wildman–Crippen LogP) is 4.28. The predicted molar refractivity (Wildman–Crippen MR) is 88.5 cm³/mol. The molecule has 0 aliphatic rings. The van der Waals surface area contributed by atoms with Crippen LogP contribution >= 0.6 is 0 Å². The summed E-state index contributed by atoms with van der Waals surface area (Å²) < 4.78 is 5.69. The molecule has 0 bridgehead atoms. The van der Waals surface area contributed by atoms with Crippen molar-refractivity contribution in [2.75, 3.05) is 0 Å². The summed E-state index contributed by atoms with van der Waals surface area (Å²) in [5, 5.41) is 0. The molecule has 0 fully saturated rings. The molecule has 0 aromatic heterocycles. The molecule has 0 aliphatic heterocycles. The summed E-state index contributed by atoms with van der Waals surface area (Å²) in [6.45, 7) is 6.20. The summed E-state index contributed by atoms with van der Waals surface area (Å²) in [5.41, 5.74) is 8.75. The van der Waals surface area contributed by atoms with E-state index in [1.165, 1.54) is 5.56 Å². The van der Waals surface area contributed by atoms with E-state index in [2.05, 4.69) is 43.3 Å². The smallest absolute Gasteiger partial charge is 0.119 e. The van der Waals surface area contributed by atoms with Crippen molar-refractivity contribution in [1.82, 2.24) is 0 Å². The minimum atomic E-state index is -0.336. The minimum absolute atomic E-state index is 0.189. The van der Waals surface area contributed by atoms with E-state index in [4.69, 9.17) is 10.5 Å². The molecule has 0 amide bonds. The lowest BCUT2D eigenvalue weighted by molar-refractivity contribution is 0.242. The van der Waals surface area contributed by atoms with Gasteiger partial charge in [0.1, 0.15) is 5.75 Å². The van der Waals surface area contributed by atoms with Crippen molar-refractivity contribution in [3.8, 4) is 5.75 Å². The average molecular weight is 283 g/mol. The van der Waals surface area contributed by atoms with Crippen LogP contribution in [0.1, 0.15) is 38.3 Å². The monoisotopic (exact) mass is 283 g/mol. The largest absolute Gasteiger partial charge is 0.491 e. The zero-order valence-electron chi connectivity index (χ0n) is 13.2. The van der Waals surface area contributed by atoms with Crippen LogP contribution in [-0.2, 0) is 12.0 Å². The summed E-state index contributed by atoms with van der Waals surface area (Å²) in [7, 11) is 0. The molecular weight excluding hydrogens is 258 g/mol. The summed E-state index contributed by atoms with van der Waals surface area (Å²) in [6, 6.07) is 18.6. The highest BCUT2D eigenvalue weighted by atomic mass is 16.5. The maximum atomic E-state index is 6.66. The van der Waals surface area contributed by atoms with Gasteiger partial charge in [0.2, 0.25) is 0 Å². The summed E-state index contributed by atoms with van der Waals surface area (Å²) in [5.74, 6) is 0.895. The van der Waals surface area contributed by atoms with Gasteiger partial charge in [0.05, 0.1) is 6.10 Å². The Labute approximate surface area is 127 Å². The number of nitrogens with two attached hydrogens (primary N) is 1. The van der Waals surface area contributed by atoms with Crippen LogP contribution in [0.2, 0.25) is 0 Å². The number of benzene rings is 2. The molecule has 0 aliphatic carbocycles. The van der Waals surface area contributed by atoms with E-state index in [-0.39, 0.29) is 11.6 Å². The highest BCUT2D eigenvalue weighted by Crippen LogP contribution is 2.28. The van der Waals surface area contributed by atoms with Crippen molar-refractivity contribution in [1.29, 1.82) is 0 Å². The maximum Gasteiger partial charge on any atom is 0.119 e. The Balaban J connectivity index is 2.19. The van der Waals surface area contributed by atoms with Gasteiger partial charge in [-0.25, -0.2) is 0 Å². The lowest BCUT2D eigenvalue weighted by Crippen LogP contribution is -2.38. The molecule has 1 unspecified atom stereocenters. The van der Waals surface area contributed by atoms with Crippen LogP contribution in [0.25, 0.3) is 0 Å². The first-order valence-corrected chi connectivity index (χ1v) is 7.63. The van der Waals surface area contributed by atoms with Gasteiger partial charge in [-0.1, -0.05) is 49.4 Å². The van der Waals surface area contributed by atoms with Gasteiger partial charge in [-0.3, -0.25) is 0 Å². The van der Waals surface area contributed by atoms with Gasteiger partial charge in [0, 0.05) is 5.54 Å². The van der Waals surface area contributed by atoms with Gasteiger partial charge in [-0.15, -0.1) is 0 Å². The molecule has 0 saturated heterocycles. The second-order valence-corrected chi connectivity index (χ2v) is 5.86. The number of hydrogen-bond donors (Lipinski definition) is 1. The van der Waals surface area contributed by atoms with E-state index >= 15 is 0 Å². The first kappa shape index (κ1) is 15.6. The molecule has 2 nitrogen and oxygen atoms in total. The molecule has 2 N–H and O–H groups in total. The van der Waals surface area contributed by atoms with Crippen molar-refractivity contribution in [3.63, 3.8) is 0 Å². The highest BCUT2D eigenvalue weighted by molar-refractivity contribution is 5.33. The van der Waals surface area contributed by atoms with Crippen molar-refractivity contribution >= 4 is 0 Å². The van der Waals surface area contributed by atoms with Crippen molar-refractivity contribution in [2.45, 2.75) is 45.3 Å². The lowest BCUT2D eigenvalue weighted by atomic mass is 9.82. The quantitative estimate of drug-likeness (QED) is 0.858. The second kappa shape index (κ2) is 6.77.